The largest absolute Gasteiger partial charge is 0.383 e. The van der Waals surface area contributed by atoms with Crippen molar-refractivity contribution in [2.75, 3.05) is 23.4 Å². The Hall–Kier alpha value is -2.69. The highest BCUT2D eigenvalue weighted by molar-refractivity contribution is 5.77. The number of guanidine groups is 1. The van der Waals surface area contributed by atoms with Gasteiger partial charge in [-0.1, -0.05) is 36.4 Å². The maximum atomic E-state index is 5.48. The standard InChI is InChI=1S/C15H19N5/c16-15(17)19-20(14-9-5-2-6-10-14)12-11-18-13-7-3-1-4-8-13/h1-10,18H,11-12H2,(H4,16,17,19). The molecule has 2 rings (SSSR count). The van der Waals surface area contributed by atoms with Gasteiger partial charge in [0.1, 0.15) is 0 Å². The summed E-state index contributed by atoms with van der Waals surface area (Å²) in [5.41, 5.74) is 13.0. The Morgan fingerprint density at radius 3 is 2.15 bits per heavy atom. The summed E-state index contributed by atoms with van der Waals surface area (Å²) in [6.45, 7) is 1.40. The lowest BCUT2D eigenvalue weighted by atomic mass is 10.3. The van der Waals surface area contributed by atoms with Crippen LogP contribution in [0, 0.1) is 0 Å². The number of rotatable bonds is 6. The van der Waals surface area contributed by atoms with Crippen molar-refractivity contribution in [1.82, 2.24) is 0 Å². The summed E-state index contributed by atoms with van der Waals surface area (Å²) in [4.78, 5) is 0. The van der Waals surface area contributed by atoms with Gasteiger partial charge in [-0.25, -0.2) is 0 Å². The molecule has 5 N–H and O–H groups in total. The first-order chi connectivity index (χ1) is 9.75. The van der Waals surface area contributed by atoms with E-state index in [1.165, 1.54) is 0 Å². The van der Waals surface area contributed by atoms with E-state index in [4.69, 9.17) is 11.5 Å². The first-order valence-corrected chi connectivity index (χ1v) is 6.47. The second-order valence-electron chi connectivity index (χ2n) is 4.28. The smallest absolute Gasteiger partial charge is 0.209 e. The van der Waals surface area contributed by atoms with Crippen LogP contribution < -0.4 is 21.8 Å². The molecular weight excluding hydrogens is 250 g/mol. The normalized spacial score (nSPS) is 9.80. The van der Waals surface area contributed by atoms with Crippen molar-refractivity contribution >= 4 is 17.3 Å². The first-order valence-electron chi connectivity index (χ1n) is 6.47. The Labute approximate surface area is 118 Å². The molecule has 20 heavy (non-hydrogen) atoms. The second kappa shape index (κ2) is 7.04. The average molecular weight is 269 g/mol. The third-order valence-electron chi connectivity index (χ3n) is 2.72. The zero-order valence-electron chi connectivity index (χ0n) is 11.2. The van der Waals surface area contributed by atoms with E-state index < -0.39 is 0 Å². The average Bonchev–Trinajstić information content (AvgIpc) is 2.48. The molecule has 5 heteroatoms. The van der Waals surface area contributed by atoms with E-state index in [1.807, 2.05) is 60.7 Å². The van der Waals surface area contributed by atoms with Crippen LogP contribution in [0.2, 0.25) is 0 Å². The third kappa shape index (κ3) is 4.20. The van der Waals surface area contributed by atoms with Crippen LogP contribution in [0.5, 0.6) is 0 Å². The Balaban J connectivity index is 1.97. The van der Waals surface area contributed by atoms with E-state index in [9.17, 15) is 0 Å². The van der Waals surface area contributed by atoms with Crippen molar-refractivity contribution in [2.45, 2.75) is 0 Å². The summed E-state index contributed by atoms with van der Waals surface area (Å²) < 4.78 is 0. The molecule has 5 nitrogen and oxygen atoms in total. The topological polar surface area (TPSA) is 79.7 Å². The molecule has 0 aliphatic carbocycles. The van der Waals surface area contributed by atoms with E-state index in [0.29, 0.717) is 6.54 Å². The van der Waals surface area contributed by atoms with Crippen LogP contribution in [0.4, 0.5) is 11.4 Å². The minimum absolute atomic E-state index is 0.0496. The van der Waals surface area contributed by atoms with Gasteiger partial charge in [-0.05, 0) is 24.3 Å². The number of para-hydroxylation sites is 2. The number of nitrogens with two attached hydrogens (primary N) is 2. The molecule has 0 aliphatic rings. The van der Waals surface area contributed by atoms with E-state index in [1.54, 1.807) is 5.01 Å². The number of benzene rings is 2. The van der Waals surface area contributed by atoms with E-state index in [0.717, 1.165) is 17.9 Å². The number of nitrogens with zero attached hydrogens (tertiary/aromatic N) is 2. The van der Waals surface area contributed by atoms with E-state index in [-0.39, 0.29) is 5.96 Å². The lowest BCUT2D eigenvalue weighted by Gasteiger charge is -2.19. The second-order valence-corrected chi connectivity index (χ2v) is 4.28. The molecule has 0 atom stereocenters. The van der Waals surface area contributed by atoms with Crippen molar-refractivity contribution in [3.05, 3.63) is 60.7 Å². The first kappa shape index (κ1) is 13.7. The lowest BCUT2D eigenvalue weighted by Crippen LogP contribution is -2.31. The van der Waals surface area contributed by atoms with Crippen LogP contribution in [0.1, 0.15) is 0 Å². The number of hydrogen-bond acceptors (Lipinski definition) is 3. The van der Waals surface area contributed by atoms with E-state index in [2.05, 4.69) is 10.4 Å². The highest BCUT2D eigenvalue weighted by Gasteiger charge is 2.04. The van der Waals surface area contributed by atoms with E-state index >= 15 is 0 Å². The molecule has 0 unspecified atom stereocenters. The molecule has 0 spiro atoms. The van der Waals surface area contributed by atoms with Crippen LogP contribution in [0.25, 0.3) is 0 Å². The summed E-state index contributed by atoms with van der Waals surface area (Å²) in [7, 11) is 0. The summed E-state index contributed by atoms with van der Waals surface area (Å²) in [5, 5.41) is 9.25. The Kier molecular flexibility index (Phi) is 4.83. The molecule has 104 valence electrons. The zero-order valence-corrected chi connectivity index (χ0v) is 11.2. The molecule has 0 amide bonds. The maximum Gasteiger partial charge on any atom is 0.209 e. The predicted octanol–water partition coefficient (Wildman–Crippen LogP) is 1.79. The third-order valence-corrected chi connectivity index (χ3v) is 2.72. The quantitative estimate of drug-likeness (QED) is 0.424. The van der Waals surface area contributed by atoms with Gasteiger partial charge in [-0.3, -0.25) is 5.01 Å². The molecule has 2 aromatic carbocycles. The van der Waals surface area contributed by atoms with Gasteiger partial charge in [0.25, 0.3) is 0 Å². The van der Waals surface area contributed by atoms with Crippen LogP contribution >= 0.6 is 0 Å². The number of anilines is 2. The summed E-state index contributed by atoms with van der Waals surface area (Å²) >= 11 is 0. The summed E-state index contributed by atoms with van der Waals surface area (Å²) in [6.07, 6.45) is 0. The SMILES string of the molecule is NC(N)=NN(CCNc1ccccc1)c1ccccc1. The van der Waals surface area contributed by atoms with Crippen molar-refractivity contribution in [3.63, 3.8) is 0 Å². The molecule has 0 fully saturated rings. The van der Waals surface area contributed by atoms with Gasteiger partial charge in [0.05, 0.1) is 12.2 Å². The van der Waals surface area contributed by atoms with Gasteiger partial charge in [0.2, 0.25) is 5.96 Å². The van der Waals surface area contributed by atoms with Gasteiger partial charge in [-0.15, -0.1) is 5.10 Å². The van der Waals surface area contributed by atoms with Gasteiger partial charge < -0.3 is 16.8 Å². The lowest BCUT2D eigenvalue weighted by molar-refractivity contribution is 0.852. The van der Waals surface area contributed by atoms with Crippen LogP contribution in [0.15, 0.2) is 65.8 Å². The fourth-order valence-corrected chi connectivity index (χ4v) is 1.84. The van der Waals surface area contributed by atoms with Crippen LogP contribution in [0.3, 0.4) is 0 Å². The van der Waals surface area contributed by atoms with Crippen molar-refractivity contribution in [2.24, 2.45) is 16.6 Å². The van der Waals surface area contributed by atoms with Crippen molar-refractivity contribution in [3.8, 4) is 0 Å². The van der Waals surface area contributed by atoms with Gasteiger partial charge in [-0.2, -0.15) is 0 Å². The Morgan fingerprint density at radius 2 is 1.55 bits per heavy atom. The minimum Gasteiger partial charge on any atom is -0.383 e. The molecule has 0 saturated heterocycles. The predicted molar refractivity (Wildman–Crippen MR) is 84.5 cm³/mol. The molecule has 0 saturated carbocycles. The van der Waals surface area contributed by atoms with Gasteiger partial charge in [0.15, 0.2) is 0 Å². The maximum absolute atomic E-state index is 5.48. The van der Waals surface area contributed by atoms with Gasteiger partial charge in [0, 0.05) is 12.2 Å². The number of hydrogen-bond donors (Lipinski definition) is 3. The molecule has 2 aromatic rings. The molecule has 0 aliphatic heterocycles. The highest BCUT2D eigenvalue weighted by Crippen LogP contribution is 2.13. The summed E-state index contributed by atoms with van der Waals surface area (Å²) in [6, 6.07) is 19.8. The Bertz CT molecular complexity index is 535. The number of nitrogens with one attached hydrogen (secondary N) is 1. The van der Waals surface area contributed by atoms with Gasteiger partial charge >= 0.3 is 0 Å². The Morgan fingerprint density at radius 1 is 0.950 bits per heavy atom. The van der Waals surface area contributed by atoms with Crippen LogP contribution in [-0.4, -0.2) is 19.0 Å². The fraction of sp³-hybridized carbons (Fsp3) is 0.133. The highest BCUT2D eigenvalue weighted by atomic mass is 15.5. The van der Waals surface area contributed by atoms with Crippen LogP contribution in [-0.2, 0) is 0 Å². The van der Waals surface area contributed by atoms with Crippen molar-refractivity contribution < 1.29 is 0 Å². The summed E-state index contributed by atoms with van der Waals surface area (Å²) in [5.74, 6) is 0.0496. The fourth-order valence-electron chi connectivity index (χ4n) is 1.84. The molecule has 0 heterocycles. The van der Waals surface area contributed by atoms with Crippen molar-refractivity contribution in [1.29, 1.82) is 0 Å². The minimum atomic E-state index is 0.0496. The number of hydrazone groups is 1. The zero-order chi connectivity index (χ0) is 14.2. The molecular formula is C15H19N5. The molecule has 0 aromatic heterocycles. The monoisotopic (exact) mass is 269 g/mol. The molecule has 0 radical (unpaired) electrons. The molecule has 0 bridgehead atoms.